The van der Waals surface area contributed by atoms with E-state index in [1.165, 1.54) is 17.0 Å². The highest BCUT2D eigenvalue weighted by Gasteiger charge is 2.38. The molecule has 0 radical (unpaired) electrons. The number of nitrogens with zero attached hydrogens (tertiary/aromatic N) is 1. The molecule has 24 heavy (non-hydrogen) atoms. The minimum Gasteiger partial charge on any atom is -0.439 e. The van der Waals surface area contributed by atoms with Crippen molar-refractivity contribution in [1.82, 2.24) is 4.90 Å². The van der Waals surface area contributed by atoms with E-state index in [-0.39, 0.29) is 31.5 Å². The van der Waals surface area contributed by atoms with E-state index in [0.717, 1.165) is 12.1 Å². The largest absolute Gasteiger partial charge is 0.439 e. The van der Waals surface area contributed by atoms with Crippen molar-refractivity contribution in [3.63, 3.8) is 0 Å². The van der Waals surface area contributed by atoms with Gasteiger partial charge in [0.15, 0.2) is 6.61 Å². The lowest BCUT2D eigenvalue weighted by atomic mass is 9.84. The van der Waals surface area contributed by atoms with Crippen LogP contribution in [0.3, 0.4) is 0 Å². The van der Waals surface area contributed by atoms with Crippen molar-refractivity contribution < 1.29 is 32.6 Å². The van der Waals surface area contributed by atoms with Gasteiger partial charge in [0.2, 0.25) is 0 Å². The summed E-state index contributed by atoms with van der Waals surface area (Å²) in [5.74, 6) is -0.791. The number of aliphatic hydroxyl groups is 1. The first kappa shape index (κ1) is 18.1. The van der Waals surface area contributed by atoms with E-state index in [1.807, 2.05) is 0 Å². The summed E-state index contributed by atoms with van der Waals surface area (Å²) in [5.41, 5.74) is 2.73. The molecule has 2 amide bonds. The zero-order chi connectivity index (χ0) is 18.0. The Balaban J connectivity index is 2.04. The van der Waals surface area contributed by atoms with E-state index in [9.17, 15) is 27.9 Å². The molecule has 1 aromatic carbocycles. The quantitative estimate of drug-likeness (QED) is 0.870. The second-order valence-electron chi connectivity index (χ2n) is 5.62. The summed E-state index contributed by atoms with van der Waals surface area (Å²) in [6, 6.07) is 4.52. The maximum absolute atomic E-state index is 12.8. The first-order chi connectivity index (χ1) is 11.1. The van der Waals surface area contributed by atoms with Crippen LogP contribution in [0.25, 0.3) is 0 Å². The number of carbonyl (C=O) groups excluding carboxylic acids is 2. The van der Waals surface area contributed by atoms with Crippen molar-refractivity contribution in [2.45, 2.75) is 24.6 Å². The summed E-state index contributed by atoms with van der Waals surface area (Å²) in [5, 5.41) is 10.6. The summed E-state index contributed by atoms with van der Waals surface area (Å²) in [6.45, 7) is -0.373. The number of nitrogens with two attached hydrogens (primary N) is 1. The van der Waals surface area contributed by atoms with Crippen LogP contribution in [-0.4, -0.2) is 41.7 Å². The van der Waals surface area contributed by atoms with Crippen LogP contribution in [0.15, 0.2) is 24.3 Å². The van der Waals surface area contributed by atoms with Gasteiger partial charge in [0, 0.05) is 13.1 Å². The molecular weight excluding hydrogens is 329 g/mol. The van der Waals surface area contributed by atoms with Crippen molar-refractivity contribution in [3.05, 3.63) is 35.4 Å². The smallest absolute Gasteiger partial charge is 0.416 e. The van der Waals surface area contributed by atoms with Crippen molar-refractivity contribution in [2.75, 3.05) is 19.7 Å². The average Bonchev–Trinajstić information content (AvgIpc) is 2.52. The number of hydrogen-bond acceptors (Lipinski definition) is 4. The van der Waals surface area contributed by atoms with Gasteiger partial charge in [0.25, 0.3) is 5.91 Å². The van der Waals surface area contributed by atoms with Gasteiger partial charge in [0.05, 0.1) is 11.2 Å². The van der Waals surface area contributed by atoms with Crippen molar-refractivity contribution in [3.8, 4) is 0 Å². The van der Waals surface area contributed by atoms with Crippen molar-refractivity contribution in [2.24, 2.45) is 5.73 Å². The van der Waals surface area contributed by atoms with Crippen molar-refractivity contribution in [1.29, 1.82) is 0 Å². The molecule has 0 saturated carbocycles. The minimum absolute atomic E-state index is 0.0555. The number of halogens is 3. The van der Waals surface area contributed by atoms with Crippen molar-refractivity contribution >= 4 is 12.0 Å². The van der Waals surface area contributed by atoms with Crippen LogP contribution in [0.2, 0.25) is 0 Å². The second-order valence-corrected chi connectivity index (χ2v) is 5.62. The number of hydrogen-bond donors (Lipinski definition) is 2. The number of ether oxygens (including phenoxy) is 1. The molecule has 0 bridgehead atoms. The van der Waals surface area contributed by atoms with E-state index in [4.69, 9.17) is 5.73 Å². The lowest BCUT2D eigenvalue weighted by Crippen LogP contribution is -2.45. The molecule has 6 nitrogen and oxygen atoms in total. The molecule has 0 aliphatic carbocycles. The van der Waals surface area contributed by atoms with Crippen LogP contribution in [0.5, 0.6) is 0 Å². The summed E-state index contributed by atoms with van der Waals surface area (Å²) < 4.78 is 43.0. The zero-order valence-electron chi connectivity index (χ0n) is 12.7. The Bertz CT molecular complexity index is 625. The summed E-state index contributed by atoms with van der Waals surface area (Å²) in [6.07, 6.45) is -5.13. The normalized spacial score (nSPS) is 17.4. The molecule has 2 rings (SSSR count). The third-order valence-corrected chi connectivity index (χ3v) is 3.91. The Kier molecular flexibility index (Phi) is 5.02. The molecule has 0 unspecified atom stereocenters. The van der Waals surface area contributed by atoms with Crippen LogP contribution < -0.4 is 5.73 Å². The fourth-order valence-corrected chi connectivity index (χ4v) is 2.56. The predicted octanol–water partition coefficient (Wildman–Crippen LogP) is 1.61. The molecule has 0 spiro atoms. The number of carbonyl (C=O) groups is 2. The lowest BCUT2D eigenvalue weighted by Gasteiger charge is -2.38. The monoisotopic (exact) mass is 346 g/mol. The standard InChI is InChI=1S/C15H17F3N2O4/c16-15(17,18)11-3-1-2-10(8-11)14(23)4-6-20(7-5-14)13(22)24-9-12(19)21/h1-3,8,23H,4-7,9H2,(H2,19,21). The summed E-state index contributed by atoms with van der Waals surface area (Å²) in [4.78, 5) is 23.6. The maximum Gasteiger partial charge on any atom is 0.416 e. The maximum atomic E-state index is 12.8. The van der Waals surface area contributed by atoms with Gasteiger partial charge in [-0.05, 0) is 30.5 Å². The van der Waals surface area contributed by atoms with Crippen LogP contribution >= 0.6 is 0 Å². The SMILES string of the molecule is NC(=O)COC(=O)N1CCC(O)(c2cccc(C(F)(F)F)c2)CC1. The molecule has 0 aromatic heterocycles. The fraction of sp³-hybridized carbons (Fsp3) is 0.467. The van der Waals surface area contributed by atoms with Gasteiger partial charge in [-0.1, -0.05) is 12.1 Å². The number of likely N-dealkylation sites (tertiary alicyclic amines) is 1. The molecule has 1 heterocycles. The van der Waals surface area contributed by atoms with E-state index < -0.39 is 35.9 Å². The lowest BCUT2D eigenvalue weighted by molar-refractivity contribution is -0.137. The number of benzene rings is 1. The molecule has 132 valence electrons. The highest BCUT2D eigenvalue weighted by molar-refractivity contribution is 5.78. The van der Waals surface area contributed by atoms with Crippen LogP contribution in [0, 0.1) is 0 Å². The van der Waals surface area contributed by atoms with Crippen LogP contribution in [-0.2, 0) is 21.3 Å². The first-order valence-corrected chi connectivity index (χ1v) is 7.22. The van der Waals surface area contributed by atoms with Gasteiger partial charge in [-0.2, -0.15) is 13.2 Å². The van der Waals surface area contributed by atoms with E-state index in [1.54, 1.807) is 0 Å². The highest BCUT2D eigenvalue weighted by Crippen LogP contribution is 2.36. The highest BCUT2D eigenvalue weighted by atomic mass is 19.4. The molecule has 1 aliphatic heterocycles. The molecule has 3 N–H and O–H groups in total. The third kappa shape index (κ3) is 4.16. The minimum atomic E-state index is -4.49. The average molecular weight is 346 g/mol. The first-order valence-electron chi connectivity index (χ1n) is 7.22. The fourth-order valence-electron chi connectivity index (χ4n) is 2.56. The summed E-state index contributed by atoms with van der Waals surface area (Å²) in [7, 11) is 0. The number of primary amides is 1. The van der Waals surface area contributed by atoms with E-state index in [2.05, 4.69) is 4.74 Å². The predicted molar refractivity (Wildman–Crippen MR) is 76.7 cm³/mol. The topological polar surface area (TPSA) is 92.9 Å². The molecule has 1 aromatic rings. The van der Waals surface area contributed by atoms with Gasteiger partial charge in [-0.3, -0.25) is 4.79 Å². The van der Waals surface area contributed by atoms with Gasteiger partial charge in [-0.15, -0.1) is 0 Å². The Labute approximate surface area is 136 Å². The Morgan fingerprint density at radius 3 is 2.46 bits per heavy atom. The molecule has 1 saturated heterocycles. The second kappa shape index (κ2) is 6.68. The van der Waals surface area contributed by atoms with Crippen LogP contribution in [0.1, 0.15) is 24.0 Å². The van der Waals surface area contributed by atoms with E-state index in [0.29, 0.717) is 0 Å². The number of alkyl halides is 3. The third-order valence-electron chi connectivity index (χ3n) is 3.91. The number of piperidine rings is 1. The number of rotatable bonds is 3. The van der Waals surface area contributed by atoms with Gasteiger partial charge in [0.1, 0.15) is 0 Å². The van der Waals surface area contributed by atoms with Gasteiger partial charge in [-0.25, -0.2) is 4.79 Å². The molecule has 0 atom stereocenters. The van der Waals surface area contributed by atoms with E-state index >= 15 is 0 Å². The molecular formula is C15H17F3N2O4. The molecule has 1 aliphatic rings. The molecule has 1 fully saturated rings. The zero-order valence-corrected chi connectivity index (χ0v) is 12.7. The number of amides is 2. The Morgan fingerprint density at radius 2 is 1.92 bits per heavy atom. The van der Waals surface area contributed by atoms with Crippen LogP contribution in [0.4, 0.5) is 18.0 Å². The van der Waals surface area contributed by atoms with Gasteiger partial charge < -0.3 is 20.5 Å². The molecule has 9 heteroatoms. The van der Waals surface area contributed by atoms with Gasteiger partial charge >= 0.3 is 12.3 Å². The Morgan fingerprint density at radius 1 is 1.29 bits per heavy atom. The Hall–Kier alpha value is -2.29. The summed E-state index contributed by atoms with van der Waals surface area (Å²) >= 11 is 0.